The molecule has 5 nitrogen and oxygen atoms in total. The zero-order valence-corrected chi connectivity index (χ0v) is 10.5. The Balaban J connectivity index is 2.12. The van der Waals surface area contributed by atoms with Gasteiger partial charge in [0, 0.05) is 11.5 Å². The smallest absolute Gasteiger partial charge is 0.255 e. The average molecular weight is 250 g/mol. The molecule has 0 saturated heterocycles. The number of para-hydroxylation sites is 1. The number of anilines is 1. The molecule has 2 atom stereocenters. The number of aromatic hydroxyl groups is 1. The fourth-order valence-electron chi connectivity index (χ4n) is 2.13. The quantitative estimate of drug-likeness (QED) is 0.462. The third-order valence-electron chi connectivity index (χ3n) is 3.83. The summed E-state index contributed by atoms with van der Waals surface area (Å²) >= 11 is 0. The number of aliphatic hydroxyl groups excluding tert-OH is 1. The first kappa shape index (κ1) is 12.7. The lowest BCUT2D eigenvalue weighted by atomic mass is 9.64. The predicted octanol–water partition coefficient (Wildman–Crippen LogP) is 0.864. The average Bonchev–Trinajstić information content (AvgIpc) is 2.32. The molecule has 0 bridgehead atoms. The Morgan fingerprint density at radius 3 is 2.72 bits per heavy atom. The summed E-state index contributed by atoms with van der Waals surface area (Å²) in [7, 11) is 0. The van der Waals surface area contributed by atoms with Crippen LogP contribution in [0, 0.1) is 5.41 Å². The number of nitrogen functional groups attached to an aromatic ring is 1. The first-order chi connectivity index (χ1) is 8.34. The van der Waals surface area contributed by atoms with Crippen LogP contribution in [0.3, 0.4) is 0 Å². The van der Waals surface area contributed by atoms with Crippen molar-refractivity contribution in [2.24, 2.45) is 5.41 Å². The topological polar surface area (TPSA) is 95.6 Å². The van der Waals surface area contributed by atoms with Gasteiger partial charge in [-0.1, -0.05) is 19.9 Å². The zero-order valence-electron chi connectivity index (χ0n) is 10.5. The molecule has 1 aromatic rings. The maximum absolute atomic E-state index is 12.0. The monoisotopic (exact) mass is 250 g/mol. The maximum Gasteiger partial charge on any atom is 0.255 e. The summed E-state index contributed by atoms with van der Waals surface area (Å²) < 4.78 is 0. The molecule has 5 heteroatoms. The lowest BCUT2D eigenvalue weighted by molar-refractivity contribution is -0.0689. The fraction of sp³-hybridized carbons (Fsp3) is 0.462. The van der Waals surface area contributed by atoms with E-state index in [9.17, 15) is 15.0 Å². The summed E-state index contributed by atoms with van der Waals surface area (Å²) in [6.45, 7) is 3.79. The van der Waals surface area contributed by atoms with E-state index in [1.165, 1.54) is 12.1 Å². The number of carbonyl (C=O) groups excluding carboxylic acids is 1. The van der Waals surface area contributed by atoms with Crippen molar-refractivity contribution in [1.29, 1.82) is 0 Å². The van der Waals surface area contributed by atoms with Gasteiger partial charge in [0.15, 0.2) is 5.75 Å². The largest absolute Gasteiger partial charge is 0.505 e. The molecular weight excluding hydrogens is 232 g/mol. The Bertz CT molecular complexity index is 485. The summed E-state index contributed by atoms with van der Waals surface area (Å²) in [6.07, 6.45) is 0.124. The van der Waals surface area contributed by atoms with E-state index in [1.54, 1.807) is 6.07 Å². The molecule has 5 N–H and O–H groups in total. The van der Waals surface area contributed by atoms with Gasteiger partial charge in [-0.15, -0.1) is 0 Å². The molecule has 0 aliphatic heterocycles. The lowest BCUT2D eigenvalue weighted by Gasteiger charge is -2.49. The van der Waals surface area contributed by atoms with Crippen LogP contribution >= 0.6 is 0 Å². The maximum atomic E-state index is 12.0. The Morgan fingerprint density at radius 2 is 2.17 bits per heavy atom. The van der Waals surface area contributed by atoms with E-state index in [-0.39, 0.29) is 34.4 Å². The van der Waals surface area contributed by atoms with Crippen LogP contribution in [0.2, 0.25) is 0 Å². The van der Waals surface area contributed by atoms with Gasteiger partial charge in [-0.3, -0.25) is 4.79 Å². The molecular formula is C13H18N2O3. The van der Waals surface area contributed by atoms with Crippen LogP contribution < -0.4 is 11.1 Å². The third-order valence-corrected chi connectivity index (χ3v) is 3.83. The highest BCUT2D eigenvalue weighted by molar-refractivity contribution is 5.98. The highest BCUT2D eigenvalue weighted by Gasteiger charge is 2.48. The number of hydrogen-bond donors (Lipinski definition) is 4. The second-order valence-electron chi connectivity index (χ2n) is 5.34. The first-order valence-corrected chi connectivity index (χ1v) is 5.90. The number of hydrogen-bond acceptors (Lipinski definition) is 4. The Hall–Kier alpha value is -1.75. The van der Waals surface area contributed by atoms with Crippen LogP contribution in [-0.4, -0.2) is 28.3 Å². The number of phenolic OH excluding ortho intramolecular Hbond substituents is 1. The fourth-order valence-corrected chi connectivity index (χ4v) is 2.13. The van der Waals surface area contributed by atoms with Crippen molar-refractivity contribution < 1.29 is 15.0 Å². The number of phenols is 1. The van der Waals surface area contributed by atoms with Crippen molar-refractivity contribution in [2.75, 3.05) is 5.73 Å². The number of benzene rings is 1. The molecule has 1 fully saturated rings. The number of nitrogens with two attached hydrogens (primary N) is 1. The summed E-state index contributed by atoms with van der Waals surface area (Å²) in [5, 5.41) is 22.1. The molecule has 0 aromatic heterocycles. The normalized spacial score (nSPS) is 25.3. The van der Waals surface area contributed by atoms with Crippen LogP contribution in [0.25, 0.3) is 0 Å². The van der Waals surface area contributed by atoms with Gasteiger partial charge < -0.3 is 21.3 Å². The molecule has 98 valence electrons. The highest BCUT2D eigenvalue weighted by atomic mass is 16.3. The van der Waals surface area contributed by atoms with E-state index in [1.807, 2.05) is 13.8 Å². The molecule has 0 heterocycles. The van der Waals surface area contributed by atoms with Gasteiger partial charge in [0.2, 0.25) is 0 Å². The van der Waals surface area contributed by atoms with E-state index in [0.717, 1.165) is 0 Å². The predicted molar refractivity (Wildman–Crippen MR) is 68.2 cm³/mol. The van der Waals surface area contributed by atoms with Gasteiger partial charge in [0.05, 0.1) is 17.4 Å². The van der Waals surface area contributed by atoms with Crippen molar-refractivity contribution >= 4 is 11.6 Å². The van der Waals surface area contributed by atoms with E-state index in [4.69, 9.17) is 5.73 Å². The molecule has 1 aliphatic carbocycles. The van der Waals surface area contributed by atoms with Gasteiger partial charge in [0.1, 0.15) is 0 Å². The molecule has 0 radical (unpaired) electrons. The number of rotatable bonds is 2. The van der Waals surface area contributed by atoms with Crippen molar-refractivity contribution in [3.8, 4) is 5.75 Å². The molecule has 1 aromatic carbocycles. The Morgan fingerprint density at radius 1 is 1.50 bits per heavy atom. The van der Waals surface area contributed by atoms with E-state index < -0.39 is 6.10 Å². The summed E-state index contributed by atoms with van der Waals surface area (Å²) in [6, 6.07) is 4.57. The Labute approximate surface area is 106 Å². The summed E-state index contributed by atoms with van der Waals surface area (Å²) in [4.78, 5) is 12.0. The minimum atomic E-state index is -0.405. The summed E-state index contributed by atoms with van der Waals surface area (Å²) in [5.74, 6) is -0.572. The zero-order chi connectivity index (χ0) is 13.5. The molecule has 18 heavy (non-hydrogen) atoms. The third kappa shape index (κ3) is 1.90. The van der Waals surface area contributed by atoms with Crippen LogP contribution in [-0.2, 0) is 0 Å². The molecule has 0 spiro atoms. The van der Waals surface area contributed by atoms with Crippen molar-refractivity contribution in [3.05, 3.63) is 23.8 Å². The van der Waals surface area contributed by atoms with E-state index in [2.05, 4.69) is 5.32 Å². The number of amides is 1. The van der Waals surface area contributed by atoms with Gasteiger partial charge in [0.25, 0.3) is 5.91 Å². The van der Waals surface area contributed by atoms with Crippen LogP contribution in [0.1, 0.15) is 30.6 Å². The van der Waals surface area contributed by atoms with E-state index >= 15 is 0 Å². The second-order valence-corrected chi connectivity index (χ2v) is 5.34. The minimum absolute atomic E-state index is 0.0965. The van der Waals surface area contributed by atoms with Crippen molar-refractivity contribution in [1.82, 2.24) is 5.32 Å². The lowest BCUT2D eigenvalue weighted by Crippen LogP contribution is -2.61. The first-order valence-electron chi connectivity index (χ1n) is 5.90. The van der Waals surface area contributed by atoms with E-state index in [0.29, 0.717) is 6.42 Å². The highest BCUT2D eigenvalue weighted by Crippen LogP contribution is 2.40. The van der Waals surface area contributed by atoms with Crippen LogP contribution in [0.15, 0.2) is 18.2 Å². The number of carbonyl (C=O) groups is 1. The molecule has 1 amide bonds. The van der Waals surface area contributed by atoms with Gasteiger partial charge in [-0.25, -0.2) is 0 Å². The van der Waals surface area contributed by atoms with Gasteiger partial charge in [-0.05, 0) is 18.6 Å². The van der Waals surface area contributed by atoms with Gasteiger partial charge >= 0.3 is 0 Å². The van der Waals surface area contributed by atoms with Gasteiger partial charge in [-0.2, -0.15) is 0 Å². The molecule has 1 saturated carbocycles. The van der Waals surface area contributed by atoms with Crippen molar-refractivity contribution in [2.45, 2.75) is 32.4 Å². The minimum Gasteiger partial charge on any atom is -0.505 e. The summed E-state index contributed by atoms with van der Waals surface area (Å²) in [5.41, 5.74) is 5.54. The van der Waals surface area contributed by atoms with Crippen molar-refractivity contribution in [3.63, 3.8) is 0 Å². The molecule has 2 rings (SSSR count). The second kappa shape index (κ2) is 4.17. The van der Waals surface area contributed by atoms with Crippen LogP contribution in [0.4, 0.5) is 5.69 Å². The SMILES string of the molecule is CC1(C)C(O)CC1NC(=O)c1cccc(N)c1O. The van der Waals surface area contributed by atoms with Crippen LogP contribution in [0.5, 0.6) is 5.75 Å². The molecule has 2 unspecified atom stereocenters. The molecule has 1 aliphatic rings. The number of aliphatic hydroxyl groups is 1. The standard InChI is InChI=1S/C13H18N2O3/c1-13(2)9(6-10(13)16)15-12(18)7-4-3-5-8(14)11(7)17/h3-5,9-10,16-17H,6,14H2,1-2H3,(H,15,18). The Kier molecular flexibility index (Phi) is 2.94. The number of nitrogens with one attached hydrogen (secondary N) is 1.